The Bertz CT molecular complexity index is 444. The second-order valence-electron chi connectivity index (χ2n) is 4.23. The summed E-state index contributed by atoms with van der Waals surface area (Å²) in [5.41, 5.74) is -0.00316. The van der Waals surface area contributed by atoms with Gasteiger partial charge in [-0.15, -0.1) is 0 Å². The first-order chi connectivity index (χ1) is 8.98. The maximum absolute atomic E-state index is 11.0. The normalized spacial score (nSPS) is 11.4. The van der Waals surface area contributed by atoms with Gasteiger partial charge in [0.15, 0.2) is 0 Å². The van der Waals surface area contributed by atoms with Crippen LogP contribution in [0, 0.1) is 10.1 Å². The lowest BCUT2D eigenvalue weighted by atomic mass is 10.0. The minimum atomic E-state index is -0.418. The molecule has 106 valence electrons. The van der Waals surface area contributed by atoms with Crippen LogP contribution in [0.25, 0.3) is 0 Å². The molecule has 0 unspecified atom stereocenters. The second-order valence-corrected chi connectivity index (χ2v) is 6.42. The number of nitrogens with one attached hydrogen (secondary N) is 1. The van der Waals surface area contributed by atoms with Gasteiger partial charge in [0.05, 0.1) is 4.92 Å². The second kappa shape index (κ2) is 7.09. The predicted molar refractivity (Wildman–Crippen MR) is 83.9 cm³/mol. The number of hydrogen-bond acceptors (Lipinski definition) is 5. The smallest absolute Gasteiger partial charge is 0.312 e. The van der Waals surface area contributed by atoms with Crippen molar-refractivity contribution in [3.63, 3.8) is 0 Å². The summed E-state index contributed by atoms with van der Waals surface area (Å²) in [6.07, 6.45) is 5.64. The molecule has 0 aliphatic rings. The Morgan fingerprint density at radius 3 is 2.63 bits per heavy atom. The number of thioether (sulfide) groups is 1. The molecule has 0 saturated carbocycles. The zero-order valence-electron chi connectivity index (χ0n) is 11.3. The monoisotopic (exact) mass is 347 g/mol. The summed E-state index contributed by atoms with van der Waals surface area (Å²) < 4.78 is 0.690. The topological polar surface area (TPSA) is 68.1 Å². The molecule has 0 saturated heterocycles. The van der Waals surface area contributed by atoms with Crippen LogP contribution in [-0.4, -0.2) is 27.5 Å². The highest BCUT2D eigenvalue weighted by Crippen LogP contribution is 2.32. The average Bonchev–Trinajstić information content (AvgIpc) is 2.42. The fraction of sp³-hybridized carbons (Fsp3) is 0.583. The van der Waals surface area contributed by atoms with Crippen LogP contribution < -0.4 is 5.32 Å². The lowest BCUT2D eigenvalue weighted by Crippen LogP contribution is -2.32. The maximum Gasteiger partial charge on any atom is 0.312 e. The van der Waals surface area contributed by atoms with Gasteiger partial charge >= 0.3 is 5.69 Å². The van der Waals surface area contributed by atoms with E-state index in [-0.39, 0.29) is 10.4 Å². The van der Waals surface area contributed by atoms with Crippen molar-refractivity contribution in [2.75, 3.05) is 18.1 Å². The largest absolute Gasteiger partial charge is 0.363 e. The van der Waals surface area contributed by atoms with E-state index in [1.807, 2.05) is 0 Å². The molecule has 1 N–H and O–H groups in total. The Kier molecular flexibility index (Phi) is 6.06. The highest BCUT2D eigenvalue weighted by molar-refractivity contribution is 9.10. The molecule has 5 nitrogen and oxygen atoms in total. The van der Waals surface area contributed by atoms with Crippen molar-refractivity contribution in [2.45, 2.75) is 31.4 Å². The van der Waals surface area contributed by atoms with Crippen LogP contribution in [0.15, 0.2) is 16.7 Å². The molecule has 0 aromatic carbocycles. The van der Waals surface area contributed by atoms with Crippen LogP contribution in [0.4, 0.5) is 11.5 Å². The van der Waals surface area contributed by atoms with E-state index in [2.05, 4.69) is 46.3 Å². The third-order valence-electron chi connectivity index (χ3n) is 3.33. The zero-order valence-corrected chi connectivity index (χ0v) is 13.7. The van der Waals surface area contributed by atoms with E-state index in [1.54, 1.807) is 18.0 Å². The Balaban J connectivity index is 2.91. The number of aromatic nitrogens is 1. The maximum atomic E-state index is 11.0. The summed E-state index contributed by atoms with van der Waals surface area (Å²) in [7, 11) is 0. The molecular weight excluding hydrogens is 330 g/mol. The summed E-state index contributed by atoms with van der Waals surface area (Å²) in [5, 5.41) is 14.1. The van der Waals surface area contributed by atoms with E-state index >= 15 is 0 Å². The van der Waals surface area contributed by atoms with Crippen LogP contribution in [0.3, 0.4) is 0 Å². The van der Waals surface area contributed by atoms with Gasteiger partial charge in [0.2, 0.25) is 5.82 Å². The van der Waals surface area contributed by atoms with Crippen molar-refractivity contribution in [1.82, 2.24) is 4.98 Å². The van der Waals surface area contributed by atoms with Gasteiger partial charge in [-0.3, -0.25) is 10.1 Å². The van der Waals surface area contributed by atoms with E-state index < -0.39 is 4.92 Å². The minimum Gasteiger partial charge on any atom is -0.363 e. The molecule has 1 heterocycles. The van der Waals surface area contributed by atoms with Crippen LogP contribution in [0.2, 0.25) is 0 Å². The molecule has 0 aliphatic carbocycles. The molecule has 0 atom stereocenters. The van der Waals surface area contributed by atoms with Crippen molar-refractivity contribution >= 4 is 39.2 Å². The van der Waals surface area contributed by atoms with Crippen LogP contribution in [0.1, 0.15) is 26.7 Å². The van der Waals surface area contributed by atoms with E-state index in [4.69, 9.17) is 0 Å². The quantitative estimate of drug-likeness (QED) is 0.594. The molecule has 7 heteroatoms. The number of anilines is 1. The molecule has 1 aromatic rings. The van der Waals surface area contributed by atoms with Crippen molar-refractivity contribution in [1.29, 1.82) is 0 Å². The van der Waals surface area contributed by atoms with Gasteiger partial charge in [0, 0.05) is 28.0 Å². The summed E-state index contributed by atoms with van der Waals surface area (Å²) in [4.78, 5) is 14.7. The van der Waals surface area contributed by atoms with E-state index in [9.17, 15) is 10.1 Å². The number of pyridine rings is 1. The van der Waals surface area contributed by atoms with Crippen molar-refractivity contribution < 1.29 is 4.92 Å². The summed E-state index contributed by atoms with van der Waals surface area (Å²) in [5.74, 6) is 0.327. The molecular formula is C12H18BrN3O2S. The number of rotatable bonds is 7. The SMILES string of the molecule is CCC(CC)(CNc1ncc(Br)cc1[N+](=O)[O-])SC. The number of nitrogens with zero attached hydrogens (tertiary/aromatic N) is 2. The van der Waals surface area contributed by atoms with Crippen LogP contribution >= 0.6 is 27.7 Å². The first-order valence-electron chi connectivity index (χ1n) is 6.07. The Morgan fingerprint density at radius 1 is 1.53 bits per heavy atom. The molecule has 0 spiro atoms. The first-order valence-corrected chi connectivity index (χ1v) is 8.08. The highest BCUT2D eigenvalue weighted by atomic mass is 79.9. The van der Waals surface area contributed by atoms with E-state index in [0.717, 1.165) is 12.8 Å². The third kappa shape index (κ3) is 4.07. The Hall–Kier alpha value is -0.820. The number of hydrogen-bond donors (Lipinski definition) is 1. The lowest BCUT2D eigenvalue weighted by Gasteiger charge is -2.29. The van der Waals surface area contributed by atoms with Crippen LogP contribution in [0.5, 0.6) is 0 Å². The molecule has 19 heavy (non-hydrogen) atoms. The molecule has 0 aliphatic heterocycles. The Labute approximate surface area is 125 Å². The van der Waals surface area contributed by atoms with Gasteiger partial charge in [0.25, 0.3) is 0 Å². The highest BCUT2D eigenvalue weighted by Gasteiger charge is 2.26. The summed E-state index contributed by atoms with van der Waals surface area (Å²) in [6.45, 7) is 4.92. The van der Waals surface area contributed by atoms with Gasteiger partial charge in [-0.2, -0.15) is 11.8 Å². The minimum absolute atomic E-state index is 0.00316. The number of halogens is 1. The lowest BCUT2D eigenvalue weighted by molar-refractivity contribution is -0.384. The van der Waals surface area contributed by atoms with E-state index in [1.165, 1.54) is 6.07 Å². The molecule has 0 amide bonds. The van der Waals surface area contributed by atoms with Gasteiger partial charge in [-0.05, 0) is 35.0 Å². The zero-order chi connectivity index (χ0) is 14.5. The first kappa shape index (κ1) is 16.2. The fourth-order valence-corrected chi connectivity index (χ4v) is 2.92. The number of nitro groups is 1. The fourth-order valence-electron chi connectivity index (χ4n) is 1.81. The summed E-state index contributed by atoms with van der Waals surface area (Å²) >= 11 is 4.98. The molecule has 1 rings (SSSR count). The van der Waals surface area contributed by atoms with E-state index in [0.29, 0.717) is 16.8 Å². The molecule has 1 aromatic heterocycles. The van der Waals surface area contributed by atoms with Crippen molar-refractivity contribution in [3.05, 3.63) is 26.9 Å². The van der Waals surface area contributed by atoms with Gasteiger partial charge < -0.3 is 5.32 Å². The van der Waals surface area contributed by atoms with Crippen molar-refractivity contribution in [3.8, 4) is 0 Å². The third-order valence-corrected chi connectivity index (χ3v) is 5.35. The Morgan fingerprint density at radius 2 is 2.16 bits per heavy atom. The van der Waals surface area contributed by atoms with Gasteiger partial charge in [-0.25, -0.2) is 4.98 Å². The van der Waals surface area contributed by atoms with Crippen molar-refractivity contribution in [2.24, 2.45) is 0 Å². The van der Waals surface area contributed by atoms with Crippen LogP contribution in [-0.2, 0) is 0 Å². The van der Waals surface area contributed by atoms with Gasteiger partial charge in [0.1, 0.15) is 0 Å². The summed E-state index contributed by atoms with van der Waals surface area (Å²) in [6, 6.07) is 1.47. The molecule has 0 bridgehead atoms. The molecule has 0 fully saturated rings. The molecule has 0 radical (unpaired) electrons. The predicted octanol–water partition coefficient (Wildman–Crippen LogP) is 4.09. The standard InChI is InChI=1S/C12H18BrN3O2S/c1-4-12(5-2,19-3)8-15-11-10(16(17)18)6-9(13)7-14-11/h6-7H,4-5,8H2,1-3H3,(H,14,15). The average molecular weight is 348 g/mol. The van der Waals surface area contributed by atoms with Gasteiger partial charge in [-0.1, -0.05) is 13.8 Å².